The van der Waals surface area contributed by atoms with Gasteiger partial charge in [0.1, 0.15) is 17.2 Å². The zero-order valence-electron chi connectivity index (χ0n) is 11.6. The Balaban J connectivity index is 2.32. The van der Waals surface area contributed by atoms with E-state index in [0.29, 0.717) is 11.7 Å². The molecule has 6 nitrogen and oxygen atoms in total. The zero-order valence-corrected chi connectivity index (χ0v) is 11.6. The summed E-state index contributed by atoms with van der Waals surface area (Å²) in [6.07, 6.45) is 3.61. The summed E-state index contributed by atoms with van der Waals surface area (Å²) in [5, 5.41) is 9.14. The lowest BCUT2D eigenvalue weighted by Gasteiger charge is -2.29. The summed E-state index contributed by atoms with van der Waals surface area (Å²) in [5.74, 6) is 0.530. The monoisotopic (exact) mass is 264 g/mol. The molecule has 0 amide bonds. The van der Waals surface area contributed by atoms with E-state index in [2.05, 4.69) is 21.9 Å². The summed E-state index contributed by atoms with van der Waals surface area (Å²) in [5.41, 5.74) is 0.151. The molecule has 6 heteroatoms. The van der Waals surface area contributed by atoms with Gasteiger partial charge in [-0.25, -0.2) is 14.8 Å². The Kier molecular flexibility index (Phi) is 3.99. The number of anilines is 1. The first kappa shape index (κ1) is 13.7. The van der Waals surface area contributed by atoms with Crippen LogP contribution in [0.3, 0.4) is 0 Å². The second-order valence-corrected chi connectivity index (χ2v) is 5.27. The van der Waals surface area contributed by atoms with Crippen LogP contribution in [0.15, 0.2) is 6.20 Å². The van der Waals surface area contributed by atoms with Gasteiger partial charge in [-0.1, -0.05) is 0 Å². The van der Waals surface area contributed by atoms with Crippen LogP contribution < -0.4 is 4.90 Å². The van der Waals surface area contributed by atoms with Gasteiger partial charge in [0.2, 0.25) is 0 Å². The van der Waals surface area contributed by atoms with Crippen molar-refractivity contribution in [1.82, 2.24) is 14.9 Å². The average Bonchev–Trinajstić information content (AvgIpc) is 2.37. The minimum atomic E-state index is -0.990. The predicted octanol–water partition coefficient (Wildman–Crippen LogP) is 1.05. The van der Waals surface area contributed by atoms with E-state index in [1.165, 1.54) is 6.20 Å². The fraction of sp³-hybridized carbons (Fsp3) is 0.615. The van der Waals surface area contributed by atoms with Gasteiger partial charge in [0.05, 0.1) is 0 Å². The van der Waals surface area contributed by atoms with E-state index >= 15 is 0 Å². The second kappa shape index (κ2) is 5.52. The number of carbonyl (C=O) groups is 1. The summed E-state index contributed by atoms with van der Waals surface area (Å²) in [7, 11) is 5.68. The molecule has 0 spiro atoms. The van der Waals surface area contributed by atoms with Crippen LogP contribution in [0.4, 0.5) is 5.82 Å². The fourth-order valence-corrected chi connectivity index (χ4v) is 2.45. The molecule has 0 radical (unpaired) electrons. The Bertz CT molecular complexity index is 476. The van der Waals surface area contributed by atoms with Crippen molar-refractivity contribution in [3.63, 3.8) is 0 Å². The minimum absolute atomic E-state index is 0.151. The molecule has 1 saturated heterocycles. The topological polar surface area (TPSA) is 69.6 Å². The number of hydrogen-bond donors (Lipinski definition) is 1. The molecule has 1 N–H and O–H groups in total. The summed E-state index contributed by atoms with van der Waals surface area (Å²) in [4.78, 5) is 23.9. The Morgan fingerprint density at radius 3 is 2.84 bits per heavy atom. The van der Waals surface area contributed by atoms with E-state index in [-0.39, 0.29) is 5.56 Å². The minimum Gasteiger partial charge on any atom is -0.477 e. The smallest absolute Gasteiger partial charge is 0.341 e. The number of aromatic carboxylic acids is 1. The number of carboxylic acid groups (broad SMARTS) is 1. The number of nitrogens with zero attached hydrogens (tertiary/aromatic N) is 4. The maximum Gasteiger partial charge on any atom is 0.341 e. The molecule has 104 valence electrons. The van der Waals surface area contributed by atoms with E-state index in [0.717, 1.165) is 31.8 Å². The van der Waals surface area contributed by atoms with Crippen LogP contribution in [-0.4, -0.2) is 60.2 Å². The first-order valence-corrected chi connectivity index (χ1v) is 6.45. The lowest BCUT2D eigenvalue weighted by Crippen LogP contribution is -2.32. The number of rotatable bonds is 3. The van der Waals surface area contributed by atoms with E-state index in [1.54, 1.807) is 19.0 Å². The van der Waals surface area contributed by atoms with Crippen LogP contribution in [0, 0.1) is 0 Å². The van der Waals surface area contributed by atoms with Gasteiger partial charge >= 0.3 is 5.97 Å². The number of hydrogen-bond acceptors (Lipinski definition) is 5. The van der Waals surface area contributed by atoms with Crippen molar-refractivity contribution >= 4 is 11.8 Å². The van der Waals surface area contributed by atoms with E-state index in [4.69, 9.17) is 5.11 Å². The van der Waals surface area contributed by atoms with Gasteiger partial charge in [0, 0.05) is 32.8 Å². The highest BCUT2D eigenvalue weighted by Gasteiger charge is 2.23. The summed E-state index contributed by atoms with van der Waals surface area (Å²) in [6.45, 7) is 2.03. The number of likely N-dealkylation sites (tertiary alicyclic amines) is 1. The maximum atomic E-state index is 11.2. The van der Waals surface area contributed by atoms with Crippen molar-refractivity contribution in [3.05, 3.63) is 17.6 Å². The molecular formula is C13H20N4O2. The average molecular weight is 264 g/mol. The van der Waals surface area contributed by atoms with Gasteiger partial charge in [0.15, 0.2) is 0 Å². The van der Waals surface area contributed by atoms with E-state index < -0.39 is 5.97 Å². The molecular weight excluding hydrogens is 244 g/mol. The first-order valence-electron chi connectivity index (χ1n) is 6.45. The van der Waals surface area contributed by atoms with Crippen molar-refractivity contribution in [1.29, 1.82) is 0 Å². The molecule has 2 heterocycles. The number of aromatic nitrogens is 2. The quantitative estimate of drug-likeness (QED) is 0.880. The highest BCUT2D eigenvalue weighted by molar-refractivity contribution is 5.92. The molecule has 1 aromatic heterocycles. The van der Waals surface area contributed by atoms with Crippen LogP contribution in [0.25, 0.3) is 0 Å². The van der Waals surface area contributed by atoms with Gasteiger partial charge in [-0.05, 0) is 26.4 Å². The Morgan fingerprint density at radius 2 is 2.26 bits per heavy atom. The van der Waals surface area contributed by atoms with E-state index in [1.807, 2.05) is 0 Å². The van der Waals surface area contributed by atoms with Crippen LogP contribution in [0.2, 0.25) is 0 Å². The third-order valence-electron chi connectivity index (χ3n) is 3.43. The molecule has 1 fully saturated rings. The Labute approximate surface area is 113 Å². The molecule has 0 bridgehead atoms. The SMILES string of the molecule is CN1CCCC(c2ncc(C(=O)O)c(N(C)C)n2)C1. The summed E-state index contributed by atoms with van der Waals surface area (Å²) < 4.78 is 0. The third-order valence-corrected chi connectivity index (χ3v) is 3.43. The van der Waals surface area contributed by atoms with Crippen molar-refractivity contribution in [2.75, 3.05) is 39.1 Å². The van der Waals surface area contributed by atoms with Crippen LogP contribution in [-0.2, 0) is 0 Å². The van der Waals surface area contributed by atoms with Crippen molar-refractivity contribution in [2.45, 2.75) is 18.8 Å². The third kappa shape index (κ3) is 3.01. The lowest BCUT2D eigenvalue weighted by molar-refractivity contribution is 0.0696. The van der Waals surface area contributed by atoms with Crippen molar-refractivity contribution in [3.8, 4) is 0 Å². The molecule has 1 unspecified atom stereocenters. The Hall–Kier alpha value is -1.69. The molecule has 1 aliphatic heterocycles. The predicted molar refractivity (Wildman–Crippen MR) is 72.8 cm³/mol. The highest BCUT2D eigenvalue weighted by Crippen LogP contribution is 2.25. The van der Waals surface area contributed by atoms with E-state index in [9.17, 15) is 4.79 Å². The molecule has 1 aliphatic rings. The fourth-order valence-electron chi connectivity index (χ4n) is 2.45. The number of carboxylic acids is 1. The largest absolute Gasteiger partial charge is 0.477 e. The summed E-state index contributed by atoms with van der Waals surface area (Å²) in [6, 6.07) is 0. The lowest BCUT2D eigenvalue weighted by atomic mass is 9.97. The molecule has 19 heavy (non-hydrogen) atoms. The second-order valence-electron chi connectivity index (χ2n) is 5.27. The van der Waals surface area contributed by atoms with Gasteiger partial charge in [-0.2, -0.15) is 0 Å². The van der Waals surface area contributed by atoms with Gasteiger partial charge in [0.25, 0.3) is 0 Å². The Morgan fingerprint density at radius 1 is 1.53 bits per heavy atom. The van der Waals surface area contributed by atoms with Crippen molar-refractivity contribution in [2.24, 2.45) is 0 Å². The normalized spacial score (nSPS) is 20.3. The highest BCUT2D eigenvalue weighted by atomic mass is 16.4. The van der Waals surface area contributed by atoms with Crippen LogP contribution >= 0.6 is 0 Å². The van der Waals surface area contributed by atoms with Crippen molar-refractivity contribution < 1.29 is 9.90 Å². The zero-order chi connectivity index (χ0) is 14.0. The van der Waals surface area contributed by atoms with Crippen LogP contribution in [0.5, 0.6) is 0 Å². The van der Waals surface area contributed by atoms with Gasteiger partial charge in [-0.3, -0.25) is 0 Å². The standard InChI is InChI=1S/C13H20N4O2/c1-16(2)12-10(13(18)19)7-14-11(15-12)9-5-4-6-17(3)8-9/h7,9H,4-6,8H2,1-3H3,(H,18,19). The molecule has 0 aliphatic carbocycles. The summed E-state index contributed by atoms with van der Waals surface area (Å²) >= 11 is 0. The van der Waals surface area contributed by atoms with Gasteiger partial charge in [-0.15, -0.1) is 0 Å². The van der Waals surface area contributed by atoms with Gasteiger partial charge < -0.3 is 14.9 Å². The molecule has 1 atom stereocenters. The number of piperidine rings is 1. The molecule has 2 rings (SSSR count). The molecule has 1 aromatic rings. The molecule has 0 aromatic carbocycles. The maximum absolute atomic E-state index is 11.2. The first-order chi connectivity index (χ1) is 8.99. The number of likely N-dealkylation sites (N-methyl/N-ethyl adjacent to an activating group) is 1. The molecule has 0 saturated carbocycles. The van der Waals surface area contributed by atoms with Crippen LogP contribution in [0.1, 0.15) is 34.9 Å².